The van der Waals surface area contributed by atoms with E-state index in [-0.39, 0.29) is 11.9 Å². The van der Waals surface area contributed by atoms with Crippen LogP contribution in [0.1, 0.15) is 28.6 Å². The molecule has 3 rings (SSSR count). The van der Waals surface area contributed by atoms with Gasteiger partial charge in [-0.3, -0.25) is 4.79 Å². The van der Waals surface area contributed by atoms with Crippen molar-refractivity contribution in [1.29, 1.82) is 0 Å². The summed E-state index contributed by atoms with van der Waals surface area (Å²) in [6, 6.07) is 0.205. The van der Waals surface area contributed by atoms with Crippen molar-refractivity contribution in [2.45, 2.75) is 19.4 Å². The molecule has 1 amide bonds. The number of aromatic nitrogens is 4. The Morgan fingerprint density at radius 1 is 1.56 bits per heavy atom. The molecule has 0 radical (unpaired) electrons. The summed E-state index contributed by atoms with van der Waals surface area (Å²) >= 11 is 0. The van der Waals surface area contributed by atoms with Gasteiger partial charge in [0.2, 0.25) is 0 Å². The van der Waals surface area contributed by atoms with Crippen LogP contribution in [-0.4, -0.2) is 44.0 Å². The van der Waals surface area contributed by atoms with Crippen LogP contribution in [-0.2, 0) is 0 Å². The van der Waals surface area contributed by atoms with Crippen LogP contribution in [0, 0.1) is 6.92 Å². The number of hydrogen-bond donors (Lipinski definition) is 0. The first-order valence-electron chi connectivity index (χ1n) is 5.82. The third-order valence-electron chi connectivity index (χ3n) is 3.25. The van der Waals surface area contributed by atoms with Crippen LogP contribution < -0.4 is 0 Å². The van der Waals surface area contributed by atoms with Crippen LogP contribution in [0.4, 0.5) is 0 Å². The Labute approximate surface area is 103 Å². The van der Waals surface area contributed by atoms with E-state index in [4.69, 9.17) is 4.52 Å². The molecule has 1 aliphatic rings. The molecule has 1 saturated heterocycles. The van der Waals surface area contributed by atoms with Gasteiger partial charge < -0.3 is 9.42 Å². The van der Waals surface area contributed by atoms with Gasteiger partial charge in [0, 0.05) is 19.3 Å². The Morgan fingerprint density at radius 2 is 2.44 bits per heavy atom. The quantitative estimate of drug-likeness (QED) is 0.779. The maximum absolute atomic E-state index is 12.2. The fourth-order valence-electron chi connectivity index (χ4n) is 2.23. The molecule has 94 valence electrons. The molecule has 0 saturated carbocycles. The zero-order valence-corrected chi connectivity index (χ0v) is 9.98. The highest BCUT2D eigenvalue weighted by Gasteiger charge is 2.30. The first kappa shape index (κ1) is 10.9. The summed E-state index contributed by atoms with van der Waals surface area (Å²) < 4.78 is 6.72. The van der Waals surface area contributed by atoms with Crippen molar-refractivity contribution in [1.82, 2.24) is 25.1 Å². The SMILES string of the molecule is Cc1oncc1C(=O)N1CC[C@H](n2ccnn2)C1. The largest absolute Gasteiger partial charge is 0.361 e. The Balaban J connectivity index is 1.73. The van der Waals surface area contributed by atoms with E-state index in [9.17, 15) is 4.79 Å². The minimum atomic E-state index is -0.0311. The molecule has 7 heteroatoms. The van der Waals surface area contributed by atoms with Crippen LogP contribution in [0.25, 0.3) is 0 Å². The fraction of sp³-hybridized carbons (Fsp3) is 0.455. The molecule has 1 aliphatic heterocycles. The van der Waals surface area contributed by atoms with Crippen LogP contribution in [0.3, 0.4) is 0 Å². The van der Waals surface area contributed by atoms with E-state index < -0.39 is 0 Å². The second kappa shape index (κ2) is 4.25. The van der Waals surface area contributed by atoms with Gasteiger partial charge in [0.15, 0.2) is 0 Å². The van der Waals surface area contributed by atoms with Gasteiger partial charge in [-0.15, -0.1) is 5.10 Å². The molecule has 18 heavy (non-hydrogen) atoms. The second-order valence-corrected chi connectivity index (χ2v) is 4.37. The number of carbonyl (C=O) groups excluding carboxylic acids is 1. The highest BCUT2D eigenvalue weighted by Crippen LogP contribution is 2.22. The number of aryl methyl sites for hydroxylation is 1. The normalized spacial score (nSPS) is 19.4. The lowest BCUT2D eigenvalue weighted by Crippen LogP contribution is -2.29. The lowest BCUT2D eigenvalue weighted by atomic mass is 10.2. The van der Waals surface area contributed by atoms with E-state index in [0.29, 0.717) is 24.4 Å². The fourth-order valence-corrected chi connectivity index (χ4v) is 2.23. The third kappa shape index (κ3) is 1.77. The number of hydrogen-bond acceptors (Lipinski definition) is 5. The van der Waals surface area contributed by atoms with Gasteiger partial charge in [-0.05, 0) is 13.3 Å². The van der Waals surface area contributed by atoms with Crippen molar-refractivity contribution < 1.29 is 9.32 Å². The van der Waals surface area contributed by atoms with E-state index >= 15 is 0 Å². The smallest absolute Gasteiger partial charge is 0.259 e. The lowest BCUT2D eigenvalue weighted by Gasteiger charge is -2.15. The molecule has 0 aliphatic carbocycles. The van der Waals surface area contributed by atoms with Crippen molar-refractivity contribution in [3.8, 4) is 0 Å². The van der Waals surface area contributed by atoms with E-state index in [1.807, 2.05) is 6.20 Å². The Kier molecular flexibility index (Phi) is 2.58. The molecule has 0 unspecified atom stereocenters. The van der Waals surface area contributed by atoms with E-state index in [2.05, 4.69) is 15.5 Å². The van der Waals surface area contributed by atoms with Crippen molar-refractivity contribution in [3.05, 3.63) is 29.9 Å². The first-order valence-corrected chi connectivity index (χ1v) is 5.82. The average molecular weight is 247 g/mol. The third-order valence-corrected chi connectivity index (χ3v) is 3.25. The van der Waals surface area contributed by atoms with E-state index in [0.717, 1.165) is 6.42 Å². The molecular formula is C11H13N5O2. The van der Waals surface area contributed by atoms with Gasteiger partial charge in [0.25, 0.3) is 5.91 Å². The highest BCUT2D eigenvalue weighted by atomic mass is 16.5. The Bertz CT molecular complexity index is 548. The summed E-state index contributed by atoms with van der Waals surface area (Å²) in [6.07, 6.45) is 5.83. The number of carbonyl (C=O) groups is 1. The summed E-state index contributed by atoms with van der Waals surface area (Å²) in [4.78, 5) is 14.0. The highest BCUT2D eigenvalue weighted by molar-refractivity contribution is 5.94. The maximum Gasteiger partial charge on any atom is 0.259 e. The van der Waals surface area contributed by atoms with Crippen LogP contribution in [0.2, 0.25) is 0 Å². The maximum atomic E-state index is 12.2. The van der Waals surface area contributed by atoms with Crippen molar-refractivity contribution >= 4 is 5.91 Å². The summed E-state index contributed by atoms with van der Waals surface area (Å²) in [5.41, 5.74) is 0.536. The molecule has 2 aromatic heterocycles. The number of amides is 1. The first-order chi connectivity index (χ1) is 8.75. The molecule has 3 heterocycles. The standard InChI is InChI=1S/C11H13N5O2/c1-8-10(6-13-18-8)11(17)15-4-2-9(7-15)16-5-3-12-14-16/h3,5-6,9H,2,4,7H2,1H3/t9-/m0/s1. The van der Waals surface area contributed by atoms with Crippen LogP contribution in [0.15, 0.2) is 23.1 Å². The van der Waals surface area contributed by atoms with Crippen molar-refractivity contribution in [2.75, 3.05) is 13.1 Å². The molecule has 0 aromatic carbocycles. The second-order valence-electron chi connectivity index (χ2n) is 4.37. The van der Waals surface area contributed by atoms with Crippen LogP contribution in [0.5, 0.6) is 0 Å². The molecule has 0 spiro atoms. The van der Waals surface area contributed by atoms with Gasteiger partial charge in [0.1, 0.15) is 11.3 Å². The lowest BCUT2D eigenvalue weighted by molar-refractivity contribution is 0.0785. The zero-order chi connectivity index (χ0) is 12.5. The van der Waals surface area contributed by atoms with E-state index in [1.54, 1.807) is 22.7 Å². The Morgan fingerprint density at radius 3 is 3.11 bits per heavy atom. The minimum Gasteiger partial charge on any atom is -0.361 e. The topological polar surface area (TPSA) is 77.0 Å². The average Bonchev–Trinajstić information content (AvgIpc) is 3.09. The monoisotopic (exact) mass is 247 g/mol. The number of likely N-dealkylation sites (tertiary alicyclic amines) is 1. The molecule has 2 aromatic rings. The van der Waals surface area contributed by atoms with Crippen molar-refractivity contribution in [2.24, 2.45) is 0 Å². The summed E-state index contributed by atoms with van der Waals surface area (Å²) in [5.74, 6) is 0.528. The van der Waals surface area contributed by atoms with Gasteiger partial charge in [-0.1, -0.05) is 10.4 Å². The molecule has 0 bridgehead atoms. The molecule has 1 atom stereocenters. The van der Waals surface area contributed by atoms with E-state index in [1.165, 1.54) is 6.20 Å². The molecule has 1 fully saturated rings. The van der Waals surface area contributed by atoms with Gasteiger partial charge >= 0.3 is 0 Å². The number of nitrogens with zero attached hydrogens (tertiary/aromatic N) is 5. The molecule has 7 nitrogen and oxygen atoms in total. The zero-order valence-electron chi connectivity index (χ0n) is 9.98. The van der Waals surface area contributed by atoms with Gasteiger partial charge in [-0.2, -0.15) is 0 Å². The van der Waals surface area contributed by atoms with Crippen LogP contribution >= 0.6 is 0 Å². The summed E-state index contributed by atoms with van der Waals surface area (Å²) in [7, 11) is 0. The number of rotatable bonds is 2. The Hall–Kier alpha value is -2.18. The minimum absolute atomic E-state index is 0.0311. The predicted octanol–water partition coefficient (Wildman–Crippen LogP) is 0.662. The summed E-state index contributed by atoms with van der Waals surface area (Å²) in [5, 5.41) is 11.4. The van der Waals surface area contributed by atoms with Crippen molar-refractivity contribution in [3.63, 3.8) is 0 Å². The molecular weight excluding hydrogens is 234 g/mol. The summed E-state index contributed by atoms with van der Waals surface area (Å²) in [6.45, 7) is 3.10. The van der Waals surface area contributed by atoms with Gasteiger partial charge in [-0.25, -0.2) is 4.68 Å². The van der Waals surface area contributed by atoms with Gasteiger partial charge in [0.05, 0.1) is 18.4 Å². The molecule has 0 N–H and O–H groups in total. The predicted molar refractivity (Wildman–Crippen MR) is 60.8 cm³/mol.